The molecular weight excluding hydrogens is 345 g/mol. The summed E-state index contributed by atoms with van der Waals surface area (Å²) in [4.78, 5) is 1.82. The van der Waals surface area contributed by atoms with Crippen molar-refractivity contribution in [3.8, 4) is 11.8 Å². The first-order valence-corrected chi connectivity index (χ1v) is 6.75. The lowest BCUT2D eigenvalue weighted by molar-refractivity contribution is 0.462. The number of phenols is 1. The molecule has 2 rings (SSSR count). The quantitative estimate of drug-likeness (QED) is 0.830. The van der Waals surface area contributed by atoms with Gasteiger partial charge in [0.2, 0.25) is 0 Å². The fourth-order valence-corrected chi connectivity index (χ4v) is 2.60. The topological polar surface area (TPSA) is 44.0 Å². The Morgan fingerprint density at radius 3 is 2.41 bits per heavy atom. The summed E-state index contributed by atoms with van der Waals surface area (Å²) in [7, 11) is 0. The van der Waals surface area contributed by atoms with Crippen molar-refractivity contribution in [2.45, 2.75) is 9.79 Å². The third kappa shape index (κ3) is 3.14. The molecule has 4 heteroatoms. The molecule has 0 aliphatic rings. The second kappa shape index (κ2) is 5.43. The zero-order chi connectivity index (χ0) is 12.3. The monoisotopic (exact) mass is 353 g/mol. The first-order valence-electron chi connectivity index (χ1n) is 4.85. The van der Waals surface area contributed by atoms with Crippen molar-refractivity contribution in [3.05, 3.63) is 51.6 Å². The lowest BCUT2D eigenvalue weighted by Crippen LogP contribution is -1.78. The van der Waals surface area contributed by atoms with E-state index < -0.39 is 0 Å². The molecule has 0 fully saturated rings. The van der Waals surface area contributed by atoms with Crippen LogP contribution in [-0.4, -0.2) is 5.11 Å². The molecule has 0 spiro atoms. The highest BCUT2D eigenvalue weighted by atomic mass is 127. The zero-order valence-corrected chi connectivity index (χ0v) is 11.7. The van der Waals surface area contributed by atoms with Crippen molar-refractivity contribution >= 4 is 34.4 Å². The number of hydrogen-bond acceptors (Lipinski definition) is 3. The highest BCUT2D eigenvalue weighted by molar-refractivity contribution is 14.1. The first kappa shape index (κ1) is 12.3. The summed E-state index contributed by atoms with van der Waals surface area (Å²) in [6.07, 6.45) is 0. The van der Waals surface area contributed by atoms with Crippen molar-refractivity contribution in [2.75, 3.05) is 0 Å². The van der Waals surface area contributed by atoms with Crippen LogP contribution in [0.25, 0.3) is 0 Å². The van der Waals surface area contributed by atoms with E-state index in [1.165, 1.54) is 11.8 Å². The summed E-state index contributed by atoms with van der Waals surface area (Å²) in [5.74, 6) is 0.284. The molecule has 0 atom stereocenters. The normalized spacial score (nSPS) is 9.88. The van der Waals surface area contributed by atoms with Crippen molar-refractivity contribution < 1.29 is 5.11 Å². The molecule has 2 nitrogen and oxygen atoms in total. The van der Waals surface area contributed by atoms with Crippen molar-refractivity contribution in [2.24, 2.45) is 0 Å². The van der Waals surface area contributed by atoms with Gasteiger partial charge in [-0.05, 0) is 65.1 Å². The average Bonchev–Trinajstić information content (AvgIpc) is 2.34. The van der Waals surface area contributed by atoms with E-state index >= 15 is 0 Å². The molecule has 0 aromatic heterocycles. The number of nitrogens with zero attached hydrogens (tertiary/aromatic N) is 1. The van der Waals surface area contributed by atoms with Crippen LogP contribution in [-0.2, 0) is 0 Å². The highest BCUT2D eigenvalue weighted by Crippen LogP contribution is 2.35. The van der Waals surface area contributed by atoms with Crippen molar-refractivity contribution in [1.29, 1.82) is 5.26 Å². The Kier molecular flexibility index (Phi) is 3.92. The molecule has 0 unspecified atom stereocenters. The van der Waals surface area contributed by atoms with Gasteiger partial charge in [0.1, 0.15) is 5.75 Å². The molecule has 17 heavy (non-hydrogen) atoms. The number of rotatable bonds is 2. The standard InChI is InChI=1S/C13H8INOS/c14-10-3-6-13(12(16)7-10)17-11-4-1-9(8-15)2-5-11/h1-7,16H. The molecule has 1 N–H and O–H groups in total. The predicted octanol–water partition coefficient (Wildman–Crippen LogP) is 4.02. The van der Waals surface area contributed by atoms with Crippen LogP contribution in [0.15, 0.2) is 52.3 Å². The second-order valence-corrected chi connectivity index (χ2v) is 5.71. The molecule has 0 radical (unpaired) electrons. The molecule has 84 valence electrons. The molecule has 0 amide bonds. The molecule has 0 aliphatic heterocycles. The second-order valence-electron chi connectivity index (χ2n) is 3.35. The molecule has 0 saturated heterocycles. The molecule has 0 aliphatic carbocycles. The van der Waals surface area contributed by atoms with E-state index in [-0.39, 0.29) is 5.75 Å². The van der Waals surface area contributed by atoms with Gasteiger partial charge in [0.05, 0.1) is 16.5 Å². The molecular formula is C13H8INOS. The Morgan fingerprint density at radius 2 is 1.82 bits per heavy atom. The molecule has 0 bridgehead atoms. The lowest BCUT2D eigenvalue weighted by Gasteiger charge is -2.04. The largest absolute Gasteiger partial charge is 0.507 e. The van der Waals surface area contributed by atoms with Gasteiger partial charge in [-0.25, -0.2) is 0 Å². The van der Waals surface area contributed by atoms with E-state index in [0.717, 1.165) is 13.4 Å². The smallest absolute Gasteiger partial charge is 0.130 e. The van der Waals surface area contributed by atoms with Crippen LogP contribution in [0.5, 0.6) is 5.75 Å². The minimum atomic E-state index is 0.284. The van der Waals surface area contributed by atoms with Crippen LogP contribution in [0.1, 0.15) is 5.56 Å². The maximum Gasteiger partial charge on any atom is 0.130 e. The number of halogens is 1. The van der Waals surface area contributed by atoms with Crippen LogP contribution in [0, 0.1) is 14.9 Å². The number of phenolic OH excluding ortho intramolecular Hbond substituents is 1. The zero-order valence-electron chi connectivity index (χ0n) is 8.72. The Hall–Kier alpha value is -1.19. The summed E-state index contributed by atoms with van der Waals surface area (Å²) < 4.78 is 1.00. The maximum absolute atomic E-state index is 9.78. The SMILES string of the molecule is N#Cc1ccc(Sc2ccc(I)cc2O)cc1. The van der Waals surface area contributed by atoms with Gasteiger partial charge in [-0.1, -0.05) is 11.8 Å². The minimum Gasteiger partial charge on any atom is -0.507 e. The molecule has 2 aromatic rings. The van der Waals surface area contributed by atoms with E-state index in [4.69, 9.17) is 5.26 Å². The van der Waals surface area contributed by atoms with Gasteiger partial charge < -0.3 is 5.11 Å². The fourth-order valence-electron chi connectivity index (χ4n) is 1.30. The van der Waals surface area contributed by atoms with E-state index in [2.05, 4.69) is 28.7 Å². The summed E-state index contributed by atoms with van der Waals surface area (Å²) in [5, 5.41) is 18.5. The van der Waals surface area contributed by atoms with Gasteiger partial charge in [-0.3, -0.25) is 0 Å². The third-order valence-corrected chi connectivity index (χ3v) is 3.88. The van der Waals surface area contributed by atoms with E-state index in [1.54, 1.807) is 18.2 Å². The fraction of sp³-hybridized carbons (Fsp3) is 0. The summed E-state index contributed by atoms with van der Waals surface area (Å²) in [6, 6.07) is 14.9. The van der Waals surface area contributed by atoms with Crippen molar-refractivity contribution in [1.82, 2.24) is 0 Å². The van der Waals surface area contributed by atoms with E-state index in [0.29, 0.717) is 5.56 Å². The minimum absolute atomic E-state index is 0.284. The number of nitriles is 1. The Balaban J connectivity index is 2.23. The van der Waals surface area contributed by atoms with Crippen molar-refractivity contribution in [3.63, 3.8) is 0 Å². The Bertz CT molecular complexity index is 575. The van der Waals surface area contributed by atoms with E-state index in [1.807, 2.05) is 24.3 Å². The van der Waals surface area contributed by atoms with Gasteiger partial charge in [0, 0.05) is 8.47 Å². The number of benzene rings is 2. The van der Waals surface area contributed by atoms with Gasteiger partial charge >= 0.3 is 0 Å². The molecule has 0 saturated carbocycles. The average molecular weight is 353 g/mol. The van der Waals surface area contributed by atoms with Gasteiger partial charge in [0.25, 0.3) is 0 Å². The lowest BCUT2D eigenvalue weighted by atomic mass is 10.2. The molecule has 2 aromatic carbocycles. The van der Waals surface area contributed by atoms with Crippen LogP contribution in [0.2, 0.25) is 0 Å². The van der Waals surface area contributed by atoms with Crippen LogP contribution in [0.3, 0.4) is 0 Å². The number of hydrogen-bond donors (Lipinski definition) is 1. The summed E-state index contributed by atoms with van der Waals surface area (Å²) in [6.45, 7) is 0. The maximum atomic E-state index is 9.78. The number of aromatic hydroxyl groups is 1. The Labute approximate surface area is 117 Å². The molecule has 0 heterocycles. The van der Waals surface area contributed by atoms with Crippen LogP contribution < -0.4 is 0 Å². The predicted molar refractivity (Wildman–Crippen MR) is 76.1 cm³/mol. The summed E-state index contributed by atoms with van der Waals surface area (Å²) >= 11 is 3.64. The van der Waals surface area contributed by atoms with Crippen LogP contribution in [0.4, 0.5) is 0 Å². The van der Waals surface area contributed by atoms with Gasteiger partial charge in [-0.2, -0.15) is 5.26 Å². The summed E-state index contributed by atoms with van der Waals surface area (Å²) in [5.41, 5.74) is 0.640. The van der Waals surface area contributed by atoms with Gasteiger partial charge in [0.15, 0.2) is 0 Å². The highest BCUT2D eigenvalue weighted by Gasteiger charge is 2.04. The Morgan fingerprint density at radius 1 is 1.12 bits per heavy atom. The van der Waals surface area contributed by atoms with Crippen LogP contribution >= 0.6 is 34.4 Å². The first-order chi connectivity index (χ1) is 8.19. The van der Waals surface area contributed by atoms with E-state index in [9.17, 15) is 5.11 Å². The third-order valence-electron chi connectivity index (χ3n) is 2.13. The van der Waals surface area contributed by atoms with Gasteiger partial charge in [-0.15, -0.1) is 0 Å².